The number of aliphatic hydroxyl groups excluding tert-OH is 1. The highest BCUT2D eigenvalue weighted by atomic mass is 32.2. The number of carbonyl (C=O) groups excluding carboxylic acids is 1. The molecule has 21 heavy (non-hydrogen) atoms. The molecule has 1 fully saturated rings. The van der Waals surface area contributed by atoms with E-state index >= 15 is 0 Å². The fraction of sp³-hybridized carbons (Fsp3) is 0.471. The Morgan fingerprint density at radius 3 is 2.90 bits per heavy atom. The first-order valence-electron chi connectivity index (χ1n) is 7.53. The number of hydrogen-bond acceptors (Lipinski definition) is 3. The van der Waals surface area contributed by atoms with Crippen molar-refractivity contribution in [2.45, 2.75) is 6.42 Å². The second kappa shape index (κ2) is 6.67. The Bertz CT molecular complexity index is 521. The van der Waals surface area contributed by atoms with Gasteiger partial charge < -0.3 is 10.4 Å². The Hall–Kier alpha value is -1.26. The van der Waals surface area contributed by atoms with Crippen LogP contribution in [0.2, 0.25) is 0 Å². The van der Waals surface area contributed by atoms with Gasteiger partial charge in [0.1, 0.15) is 0 Å². The number of nitrogens with one attached hydrogen (secondary N) is 1. The highest BCUT2D eigenvalue weighted by Gasteiger charge is 2.42. The van der Waals surface area contributed by atoms with E-state index in [1.807, 2.05) is 0 Å². The Morgan fingerprint density at radius 1 is 1.24 bits per heavy atom. The van der Waals surface area contributed by atoms with Crippen LogP contribution in [-0.4, -0.2) is 29.9 Å². The van der Waals surface area contributed by atoms with Gasteiger partial charge in [-0.2, -0.15) is 0 Å². The summed E-state index contributed by atoms with van der Waals surface area (Å²) < 4.78 is 0. The highest BCUT2D eigenvalue weighted by molar-refractivity contribution is 8.03. The predicted octanol–water partition coefficient (Wildman–Crippen LogP) is 2.28. The van der Waals surface area contributed by atoms with Crippen molar-refractivity contribution >= 4 is 17.7 Å². The highest BCUT2D eigenvalue weighted by Crippen LogP contribution is 2.51. The van der Waals surface area contributed by atoms with E-state index in [0.29, 0.717) is 36.0 Å². The molecule has 1 amide bonds. The molecule has 0 aromatic carbocycles. The number of fused-ring (bicyclic) bond motifs is 3. The van der Waals surface area contributed by atoms with Gasteiger partial charge in [0.15, 0.2) is 0 Å². The summed E-state index contributed by atoms with van der Waals surface area (Å²) >= 11 is 1.65. The molecule has 0 aromatic heterocycles. The minimum absolute atomic E-state index is 0.00346. The molecule has 2 N–H and O–H groups in total. The first-order valence-corrected chi connectivity index (χ1v) is 8.52. The van der Waals surface area contributed by atoms with Crippen molar-refractivity contribution in [3.63, 3.8) is 0 Å². The van der Waals surface area contributed by atoms with Crippen LogP contribution in [0.3, 0.4) is 0 Å². The predicted molar refractivity (Wildman–Crippen MR) is 86.6 cm³/mol. The fourth-order valence-corrected chi connectivity index (χ4v) is 4.60. The number of rotatable bonds is 5. The van der Waals surface area contributed by atoms with Gasteiger partial charge in [-0.15, -0.1) is 11.8 Å². The van der Waals surface area contributed by atoms with E-state index in [0.717, 1.165) is 0 Å². The largest absolute Gasteiger partial charge is 0.395 e. The zero-order valence-electron chi connectivity index (χ0n) is 11.9. The van der Waals surface area contributed by atoms with Gasteiger partial charge in [-0.05, 0) is 35.0 Å². The average Bonchev–Trinajstić information content (AvgIpc) is 2.90. The lowest BCUT2D eigenvalue weighted by molar-refractivity contribution is -0.118. The van der Waals surface area contributed by atoms with Crippen molar-refractivity contribution in [3.05, 3.63) is 47.4 Å². The molecule has 1 saturated carbocycles. The van der Waals surface area contributed by atoms with Crippen molar-refractivity contribution in [1.82, 2.24) is 5.32 Å². The molecule has 3 nitrogen and oxygen atoms in total. The van der Waals surface area contributed by atoms with E-state index in [1.54, 1.807) is 11.8 Å². The maximum absolute atomic E-state index is 11.7. The van der Waals surface area contributed by atoms with Gasteiger partial charge in [-0.1, -0.05) is 42.5 Å². The molecule has 0 heterocycles. The van der Waals surface area contributed by atoms with Gasteiger partial charge in [0.2, 0.25) is 5.91 Å². The number of hydrogen-bond donors (Lipinski definition) is 2. The van der Waals surface area contributed by atoms with E-state index in [1.165, 1.54) is 11.3 Å². The summed E-state index contributed by atoms with van der Waals surface area (Å²) in [5.74, 6) is 2.81. The summed E-state index contributed by atoms with van der Waals surface area (Å²) in [6.45, 7) is 0.332. The number of allylic oxidation sites excluding steroid dienone is 8. The van der Waals surface area contributed by atoms with Crippen LogP contribution < -0.4 is 5.32 Å². The van der Waals surface area contributed by atoms with E-state index in [9.17, 15) is 4.79 Å². The van der Waals surface area contributed by atoms with Crippen molar-refractivity contribution < 1.29 is 9.90 Å². The average molecular weight is 303 g/mol. The van der Waals surface area contributed by atoms with Gasteiger partial charge in [0.25, 0.3) is 0 Å². The minimum Gasteiger partial charge on any atom is -0.395 e. The second-order valence-electron chi connectivity index (χ2n) is 5.75. The quantitative estimate of drug-likeness (QED) is 0.819. The van der Waals surface area contributed by atoms with Crippen LogP contribution in [-0.2, 0) is 4.79 Å². The van der Waals surface area contributed by atoms with E-state index < -0.39 is 0 Å². The van der Waals surface area contributed by atoms with Crippen LogP contribution in [0.15, 0.2) is 47.4 Å². The zero-order valence-corrected chi connectivity index (χ0v) is 12.8. The van der Waals surface area contributed by atoms with Crippen molar-refractivity contribution in [2.75, 3.05) is 18.9 Å². The fourth-order valence-electron chi connectivity index (χ4n) is 3.56. The summed E-state index contributed by atoms with van der Waals surface area (Å²) in [5.41, 5.74) is 0. The number of thioether (sulfide) groups is 1. The first kappa shape index (κ1) is 14.7. The Kier molecular flexibility index (Phi) is 4.66. The van der Waals surface area contributed by atoms with Crippen molar-refractivity contribution in [3.8, 4) is 0 Å². The van der Waals surface area contributed by atoms with Crippen LogP contribution in [0.25, 0.3) is 0 Å². The molecule has 3 rings (SSSR count). The SMILES string of the molecule is O=C(CSC1=CC=CC2C1CC1C=CC=CC12)NCCO. The third kappa shape index (κ3) is 3.16. The first-order chi connectivity index (χ1) is 10.3. The Labute approximate surface area is 129 Å². The number of carbonyl (C=O) groups is 1. The third-order valence-electron chi connectivity index (χ3n) is 4.50. The van der Waals surface area contributed by atoms with Crippen LogP contribution >= 0.6 is 11.8 Å². The summed E-state index contributed by atoms with van der Waals surface area (Å²) in [5, 5.41) is 11.4. The lowest BCUT2D eigenvalue weighted by Gasteiger charge is -2.25. The van der Waals surface area contributed by atoms with Gasteiger partial charge >= 0.3 is 0 Å². The third-order valence-corrected chi connectivity index (χ3v) is 5.67. The Balaban J connectivity index is 1.61. The molecule has 4 atom stereocenters. The van der Waals surface area contributed by atoms with E-state index in [4.69, 9.17) is 5.11 Å². The molecular weight excluding hydrogens is 282 g/mol. The summed E-state index contributed by atoms with van der Waals surface area (Å²) in [7, 11) is 0. The number of aliphatic hydroxyl groups is 1. The summed E-state index contributed by atoms with van der Waals surface area (Å²) in [4.78, 5) is 13.0. The Morgan fingerprint density at radius 2 is 2.05 bits per heavy atom. The normalized spacial score (nSPS) is 32.5. The topological polar surface area (TPSA) is 49.3 Å². The molecule has 0 aliphatic heterocycles. The van der Waals surface area contributed by atoms with E-state index in [2.05, 4.69) is 47.8 Å². The molecule has 0 spiro atoms. The second-order valence-corrected chi connectivity index (χ2v) is 6.80. The molecule has 0 radical (unpaired) electrons. The maximum atomic E-state index is 11.7. The van der Waals surface area contributed by atoms with E-state index in [-0.39, 0.29) is 12.5 Å². The lowest BCUT2D eigenvalue weighted by Crippen LogP contribution is -2.28. The van der Waals surface area contributed by atoms with Crippen LogP contribution in [0, 0.1) is 23.7 Å². The molecule has 0 aromatic rings. The van der Waals surface area contributed by atoms with Crippen molar-refractivity contribution in [2.24, 2.45) is 23.7 Å². The zero-order chi connectivity index (χ0) is 14.7. The summed E-state index contributed by atoms with van der Waals surface area (Å²) in [6, 6.07) is 0. The van der Waals surface area contributed by atoms with Crippen LogP contribution in [0.5, 0.6) is 0 Å². The minimum atomic E-state index is -0.00539. The molecule has 4 heteroatoms. The van der Waals surface area contributed by atoms with Gasteiger partial charge in [-0.3, -0.25) is 4.79 Å². The lowest BCUT2D eigenvalue weighted by atomic mass is 9.83. The molecule has 0 bridgehead atoms. The molecular formula is C17H21NO2S. The molecule has 112 valence electrons. The molecule has 3 aliphatic carbocycles. The number of amides is 1. The molecule has 3 aliphatic rings. The van der Waals surface area contributed by atoms with Gasteiger partial charge in [0.05, 0.1) is 12.4 Å². The smallest absolute Gasteiger partial charge is 0.230 e. The van der Waals surface area contributed by atoms with Crippen molar-refractivity contribution in [1.29, 1.82) is 0 Å². The van der Waals surface area contributed by atoms with Crippen LogP contribution in [0.1, 0.15) is 6.42 Å². The standard InChI is InChI=1S/C17H21NO2S/c19-9-8-18-17(20)11-21-16-7-3-6-14-13-5-2-1-4-12(13)10-15(14)16/h1-7,12-15,19H,8-11H2,(H,18,20). The molecule has 4 unspecified atom stereocenters. The van der Waals surface area contributed by atoms with Crippen LogP contribution in [0.4, 0.5) is 0 Å². The summed E-state index contributed by atoms with van der Waals surface area (Å²) in [6.07, 6.45) is 16.8. The van der Waals surface area contributed by atoms with Gasteiger partial charge in [-0.25, -0.2) is 0 Å². The van der Waals surface area contributed by atoms with Gasteiger partial charge in [0, 0.05) is 6.54 Å². The molecule has 0 saturated heterocycles. The monoisotopic (exact) mass is 303 g/mol. The maximum Gasteiger partial charge on any atom is 0.230 e.